The summed E-state index contributed by atoms with van der Waals surface area (Å²) in [7, 11) is 0. The fraction of sp³-hybridized carbons (Fsp3) is 0.550. The number of anilines is 1. The van der Waals surface area contributed by atoms with E-state index in [-0.39, 0.29) is 11.5 Å². The fourth-order valence-corrected chi connectivity index (χ4v) is 4.42. The first-order valence-electron chi connectivity index (χ1n) is 9.68. The lowest BCUT2D eigenvalue weighted by molar-refractivity contribution is 0.0524. The summed E-state index contributed by atoms with van der Waals surface area (Å²) < 4.78 is 6.40. The Morgan fingerprint density at radius 3 is 2.81 bits per heavy atom. The number of unbranched alkanes of at least 4 members (excludes halogenated alkanes) is 1. The van der Waals surface area contributed by atoms with Crippen molar-refractivity contribution in [3.05, 3.63) is 28.9 Å². The summed E-state index contributed by atoms with van der Waals surface area (Å²) in [6.45, 7) is 6.15. The Hall–Kier alpha value is -1.89. The van der Waals surface area contributed by atoms with Gasteiger partial charge >= 0.3 is 6.09 Å². The topological polar surface area (TPSA) is 58.6 Å². The van der Waals surface area contributed by atoms with Gasteiger partial charge in [0, 0.05) is 46.8 Å². The lowest BCUT2D eigenvalue weighted by Gasteiger charge is -2.54. The van der Waals surface area contributed by atoms with Gasteiger partial charge in [0.25, 0.3) is 0 Å². The molecule has 0 radical (unpaired) electrons. The first-order valence-corrected chi connectivity index (χ1v) is 10.5. The highest BCUT2D eigenvalue weighted by Crippen LogP contribution is 2.43. The summed E-state index contributed by atoms with van der Waals surface area (Å²) in [5.41, 5.74) is 0.288. The lowest BCUT2D eigenvalue weighted by Crippen LogP contribution is -2.61. The standard InChI is InChI=1S/C20H25BrN4O2/c1-2-3-10-27-19(26)24-8-6-20(7-9-24)13-25(14-20)18-17-11-16(21)5-4-15(17)12-22-23-18/h4-5,11-12H,2-3,6-10,13-14H2,1H3. The van der Waals surface area contributed by atoms with Crippen LogP contribution in [-0.4, -0.2) is 54.0 Å². The van der Waals surface area contributed by atoms with Crippen molar-refractivity contribution in [2.45, 2.75) is 32.6 Å². The predicted molar refractivity (Wildman–Crippen MR) is 109 cm³/mol. The molecule has 2 saturated heterocycles. The van der Waals surface area contributed by atoms with Gasteiger partial charge in [-0.2, -0.15) is 5.10 Å². The van der Waals surface area contributed by atoms with Gasteiger partial charge in [-0.25, -0.2) is 4.79 Å². The van der Waals surface area contributed by atoms with Crippen molar-refractivity contribution in [3.8, 4) is 0 Å². The van der Waals surface area contributed by atoms with Crippen molar-refractivity contribution in [3.63, 3.8) is 0 Å². The number of aromatic nitrogens is 2. The van der Waals surface area contributed by atoms with E-state index in [2.05, 4.69) is 50.1 Å². The molecule has 2 aliphatic rings. The maximum atomic E-state index is 12.1. The normalized spacial score (nSPS) is 18.6. The second kappa shape index (κ2) is 7.62. The molecule has 0 unspecified atom stereocenters. The number of rotatable bonds is 4. The van der Waals surface area contributed by atoms with E-state index in [1.807, 2.05) is 17.2 Å². The highest BCUT2D eigenvalue weighted by molar-refractivity contribution is 9.10. The third-order valence-corrected chi connectivity index (χ3v) is 6.26. The zero-order chi connectivity index (χ0) is 18.9. The molecule has 0 aliphatic carbocycles. The van der Waals surface area contributed by atoms with Gasteiger partial charge in [-0.05, 0) is 31.4 Å². The molecule has 0 saturated carbocycles. The highest BCUT2D eigenvalue weighted by atomic mass is 79.9. The van der Waals surface area contributed by atoms with E-state index in [1.165, 1.54) is 0 Å². The molecule has 6 nitrogen and oxygen atoms in total. The molecule has 1 aromatic carbocycles. The third-order valence-electron chi connectivity index (χ3n) is 5.76. The summed E-state index contributed by atoms with van der Waals surface area (Å²) >= 11 is 3.55. The molecule has 0 bridgehead atoms. The van der Waals surface area contributed by atoms with Crippen molar-refractivity contribution < 1.29 is 9.53 Å². The van der Waals surface area contributed by atoms with E-state index in [9.17, 15) is 4.79 Å². The van der Waals surface area contributed by atoms with Gasteiger partial charge in [0.05, 0.1) is 12.8 Å². The van der Waals surface area contributed by atoms with Crippen LogP contribution < -0.4 is 4.90 Å². The SMILES string of the molecule is CCCCOC(=O)N1CCC2(CC1)CN(c1nncc3ccc(Br)cc13)C2. The highest BCUT2D eigenvalue weighted by Gasteiger charge is 2.46. The van der Waals surface area contributed by atoms with Crippen LogP contribution in [0, 0.1) is 5.41 Å². The van der Waals surface area contributed by atoms with Crippen LogP contribution in [0.3, 0.4) is 0 Å². The summed E-state index contributed by atoms with van der Waals surface area (Å²) in [4.78, 5) is 16.3. The lowest BCUT2D eigenvalue weighted by atomic mass is 9.72. The molecule has 7 heteroatoms. The van der Waals surface area contributed by atoms with Crippen LogP contribution in [0.5, 0.6) is 0 Å². The van der Waals surface area contributed by atoms with E-state index in [1.54, 1.807) is 0 Å². The Bertz CT molecular complexity index is 828. The number of carbonyl (C=O) groups excluding carboxylic acids is 1. The summed E-state index contributed by atoms with van der Waals surface area (Å²) in [6, 6.07) is 6.20. The van der Waals surface area contributed by atoms with Gasteiger partial charge in [-0.15, -0.1) is 5.10 Å². The van der Waals surface area contributed by atoms with Gasteiger partial charge in [0.15, 0.2) is 5.82 Å². The molecule has 27 heavy (non-hydrogen) atoms. The van der Waals surface area contributed by atoms with E-state index in [0.29, 0.717) is 6.61 Å². The maximum Gasteiger partial charge on any atom is 0.409 e. The van der Waals surface area contributed by atoms with E-state index in [4.69, 9.17) is 4.74 Å². The van der Waals surface area contributed by atoms with Crippen LogP contribution >= 0.6 is 15.9 Å². The van der Waals surface area contributed by atoms with E-state index >= 15 is 0 Å². The van der Waals surface area contributed by atoms with Crippen molar-refractivity contribution >= 4 is 38.6 Å². The number of ether oxygens (including phenoxy) is 1. The molecule has 0 atom stereocenters. The van der Waals surface area contributed by atoms with E-state index < -0.39 is 0 Å². The second-order valence-corrected chi connectivity index (χ2v) is 8.63. The number of halogens is 1. The monoisotopic (exact) mass is 432 g/mol. The van der Waals surface area contributed by atoms with Crippen LogP contribution in [0.4, 0.5) is 10.6 Å². The Morgan fingerprint density at radius 2 is 2.07 bits per heavy atom. The first kappa shape index (κ1) is 18.5. The first-order chi connectivity index (χ1) is 13.1. The van der Waals surface area contributed by atoms with Crippen molar-refractivity contribution in [1.29, 1.82) is 0 Å². The van der Waals surface area contributed by atoms with Crippen LogP contribution in [0.15, 0.2) is 28.9 Å². The Balaban J connectivity index is 1.36. The minimum atomic E-state index is -0.153. The molecule has 1 spiro atoms. The number of amides is 1. The molecule has 4 rings (SSSR count). The maximum absolute atomic E-state index is 12.1. The zero-order valence-corrected chi connectivity index (χ0v) is 17.2. The Morgan fingerprint density at radius 1 is 1.30 bits per heavy atom. The van der Waals surface area contributed by atoms with Gasteiger partial charge in [0.1, 0.15) is 0 Å². The average molecular weight is 433 g/mol. The number of likely N-dealkylation sites (tertiary alicyclic amines) is 1. The number of nitrogens with zero attached hydrogens (tertiary/aromatic N) is 4. The van der Waals surface area contributed by atoms with Crippen molar-refractivity contribution in [2.75, 3.05) is 37.7 Å². The molecule has 2 aliphatic heterocycles. The Labute approximate surface area is 168 Å². The number of fused-ring (bicyclic) bond motifs is 1. The summed E-state index contributed by atoms with van der Waals surface area (Å²) in [5, 5.41) is 10.8. The van der Waals surface area contributed by atoms with Crippen LogP contribution in [0.1, 0.15) is 32.6 Å². The number of benzene rings is 1. The Kier molecular flexibility index (Phi) is 5.21. The minimum absolute atomic E-state index is 0.153. The molecule has 144 valence electrons. The van der Waals surface area contributed by atoms with Crippen molar-refractivity contribution in [1.82, 2.24) is 15.1 Å². The van der Waals surface area contributed by atoms with Gasteiger partial charge in [-0.1, -0.05) is 35.3 Å². The quantitative estimate of drug-likeness (QED) is 0.676. The van der Waals surface area contributed by atoms with Gasteiger partial charge in [-0.3, -0.25) is 0 Å². The van der Waals surface area contributed by atoms with Crippen LogP contribution in [0.25, 0.3) is 10.8 Å². The third kappa shape index (κ3) is 3.74. The number of carbonyl (C=O) groups is 1. The van der Waals surface area contributed by atoms with Gasteiger partial charge < -0.3 is 14.5 Å². The fourth-order valence-electron chi connectivity index (χ4n) is 4.06. The molecule has 2 aromatic rings. The molecule has 1 amide bonds. The van der Waals surface area contributed by atoms with Gasteiger partial charge in [0.2, 0.25) is 0 Å². The summed E-state index contributed by atoms with van der Waals surface area (Å²) in [5.74, 6) is 0.959. The molecule has 3 heterocycles. The molecule has 2 fully saturated rings. The molecule has 0 N–H and O–H groups in total. The predicted octanol–water partition coefficient (Wildman–Crippen LogP) is 4.23. The van der Waals surface area contributed by atoms with Crippen LogP contribution in [0.2, 0.25) is 0 Å². The average Bonchev–Trinajstić information content (AvgIpc) is 2.66. The zero-order valence-electron chi connectivity index (χ0n) is 15.7. The molecular weight excluding hydrogens is 408 g/mol. The second-order valence-electron chi connectivity index (χ2n) is 7.71. The number of piperidine rings is 1. The number of hydrogen-bond donors (Lipinski definition) is 0. The summed E-state index contributed by atoms with van der Waals surface area (Å²) in [6.07, 6.45) is 5.67. The number of hydrogen-bond acceptors (Lipinski definition) is 5. The molecular formula is C20H25BrN4O2. The van der Waals surface area contributed by atoms with Crippen LogP contribution in [-0.2, 0) is 4.74 Å². The largest absolute Gasteiger partial charge is 0.449 e. The minimum Gasteiger partial charge on any atom is -0.449 e. The van der Waals surface area contributed by atoms with Crippen molar-refractivity contribution in [2.24, 2.45) is 5.41 Å². The molecule has 1 aromatic heterocycles. The van der Waals surface area contributed by atoms with E-state index in [0.717, 1.165) is 72.9 Å². The smallest absolute Gasteiger partial charge is 0.409 e.